The van der Waals surface area contributed by atoms with Gasteiger partial charge in [-0.3, -0.25) is 4.79 Å². The van der Waals surface area contributed by atoms with Crippen molar-refractivity contribution >= 4 is 12.0 Å². The van der Waals surface area contributed by atoms with Gasteiger partial charge in [0.1, 0.15) is 12.7 Å². The van der Waals surface area contributed by atoms with Crippen molar-refractivity contribution in [1.82, 2.24) is 4.90 Å². The molecular formula is C19H19NO4. The van der Waals surface area contributed by atoms with E-state index in [1.165, 1.54) is 0 Å². The fraction of sp³-hybridized carbons (Fsp3) is 0.263. The van der Waals surface area contributed by atoms with Crippen LogP contribution in [0.4, 0.5) is 4.79 Å². The Hall–Kier alpha value is -2.66. The molecule has 1 saturated heterocycles. The summed E-state index contributed by atoms with van der Waals surface area (Å²) in [6.45, 7) is 1.97. The van der Waals surface area contributed by atoms with Crippen LogP contribution in [0.1, 0.15) is 24.2 Å². The summed E-state index contributed by atoms with van der Waals surface area (Å²) in [6.07, 6.45) is -1.07. The normalized spacial score (nSPS) is 20.0. The van der Waals surface area contributed by atoms with Gasteiger partial charge in [0, 0.05) is 0 Å². The first-order valence-corrected chi connectivity index (χ1v) is 7.86. The zero-order chi connectivity index (χ0) is 16.9. The molecule has 5 nitrogen and oxygen atoms in total. The van der Waals surface area contributed by atoms with Crippen LogP contribution in [0.5, 0.6) is 0 Å². The van der Waals surface area contributed by atoms with Gasteiger partial charge in [-0.2, -0.15) is 0 Å². The van der Waals surface area contributed by atoms with Gasteiger partial charge in [-0.1, -0.05) is 60.7 Å². The molecule has 3 rings (SSSR count). The zero-order valence-corrected chi connectivity index (χ0v) is 13.4. The lowest BCUT2D eigenvalue weighted by molar-refractivity contribution is -0.134. The lowest BCUT2D eigenvalue weighted by Crippen LogP contribution is -2.40. The molecule has 0 bridgehead atoms. The van der Waals surface area contributed by atoms with Crippen LogP contribution < -0.4 is 0 Å². The molecule has 2 amide bonds. The van der Waals surface area contributed by atoms with Gasteiger partial charge in [-0.15, -0.1) is 0 Å². The van der Waals surface area contributed by atoms with Crippen molar-refractivity contribution in [2.45, 2.75) is 25.7 Å². The molecule has 1 heterocycles. The minimum Gasteiger partial charge on any atom is -0.439 e. The first-order valence-electron chi connectivity index (χ1n) is 7.86. The molecule has 0 aliphatic carbocycles. The number of benzene rings is 2. The number of hydrogen-bond donors (Lipinski definition) is 0. The lowest BCUT2D eigenvalue weighted by Gasteiger charge is -2.19. The van der Waals surface area contributed by atoms with Crippen molar-refractivity contribution in [1.29, 1.82) is 0 Å². The Labute approximate surface area is 140 Å². The largest absolute Gasteiger partial charge is 0.439 e. The van der Waals surface area contributed by atoms with Crippen molar-refractivity contribution in [3.8, 4) is 0 Å². The molecule has 0 saturated carbocycles. The molecule has 0 aromatic heterocycles. The molecule has 0 N–H and O–H groups in total. The number of ether oxygens (including phenoxy) is 2. The number of nitrogens with zero attached hydrogens (tertiary/aromatic N) is 1. The Morgan fingerprint density at radius 3 is 2.38 bits per heavy atom. The maximum absolute atomic E-state index is 12.3. The first-order chi connectivity index (χ1) is 11.7. The molecule has 2 aromatic carbocycles. The molecular weight excluding hydrogens is 306 g/mol. The highest BCUT2D eigenvalue weighted by molar-refractivity contribution is 5.94. The molecule has 24 heavy (non-hydrogen) atoms. The van der Waals surface area contributed by atoms with Crippen LogP contribution in [0, 0.1) is 0 Å². The van der Waals surface area contributed by atoms with Crippen LogP contribution in [0.3, 0.4) is 0 Å². The quantitative estimate of drug-likeness (QED) is 0.846. The Kier molecular flexibility index (Phi) is 4.91. The molecule has 5 heteroatoms. The summed E-state index contributed by atoms with van der Waals surface area (Å²) >= 11 is 0. The predicted molar refractivity (Wildman–Crippen MR) is 88.1 cm³/mol. The summed E-state index contributed by atoms with van der Waals surface area (Å²) in [5.41, 5.74) is 1.85. The van der Waals surface area contributed by atoms with E-state index in [1.54, 1.807) is 6.92 Å². The molecule has 2 atom stereocenters. The number of imide groups is 1. The van der Waals surface area contributed by atoms with Crippen molar-refractivity contribution in [2.24, 2.45) is 0 Å². The van der Waals surface area contributed by atoms with Crippen LogP contribution >= 0.6 is 0 Å². The Morgan fingerprint density at radius 2 is 1.71 bits per heavy atom. The van der Waals surface area contributed by atoms with Crippen LogP contribution in [0.2, 0.25) is 0 Å². The predicted octanol–water partition coefficient (Wildman–Crippen LogP) is 3.31. The number of cyclic esters (lactones) is 1. The Bertz CT molecular complexity index is 702. The van der Waals surface area contributed by atoms with E-state index >= 15 is 0 Å². The lowest BCUT2D eigenvalue weighted by atomic mass is 10.0. The average molecular weight is 325 g/mol. The SMILES string of the molecule is C[C@@H]1[C@@H](c2ccccc2)OC(=O)N1C(=O)COCc1ccccc1. The molecule has 1 aliphatic heterocycles. The molecule has 1 fully saturated rings. The Balaban J connectivity index is 1.59. The number of amides is 2. The molecule has 0 spiro atoms. The van der Waals surface area contributed by atoms with E-state index in [0.717, 1.165) is 16.0 Å². The van der Waals surface area contributed by atoms with E-state index in [9.17, 15) is 9.59 Å². The Morgan fingerprint density at radius 1 is 1.08 bits per heavy atom. The molecule has 0 unspecified atom stereocenters. The zero-order valence-electron chi connectivity index (χ0n) is 13.4. The molecule has 2 aromatic rings. The fourth-order valence-corrected chi connectivity index (χ4v) is 2.78. The first kappa shape index (κ1) is 16.2. The van der Waals surface area contributed by atoms with Gasteiger partial charge in [-0.05, 0) is 18.1 Å². The summed E-state index contributed by atoms with van der Waals surface area (Å²) in [4.78, 5) is 25.5. The number of carbonyl (C=O) groups excluding carboxylic acids is 2. The maximum atomic E-state index is 12.3. The summed E-state index contributed by atoms with van der Waals surface area (Å²) in [5.74, 6) is -0.387. The third kappa shape index (κ3) is 3.46. The molecule has 124 valence electrons. The van der Waals surface area contributed by atoms with Gasteiger partial charge in [0.25, 0.3) is 5.91 Å². The summed E-state index contributed by atoms with van der Waals surface area (Å²) in [5, 5.41) is 0. The third-order valence-corrected chi connectivity index (χ3v) is 4.00. The second-order valence-corrected chi connectivity index (χ2v) is 5.70. The van der Waals surface area contributed by atoms with E-state index < -0.39 is 12.2 Å². The van der Waals surface area contributed by atoms with Gasteiger partial charge in [-0.25, -0.2) is 9.69 Å². The summed E-state index contributed by atoms with van der Waals surface area (Å²) < 4.78 is 10.8. The number of hydrogen-bond acceptors (Lipinski definition) is 4. The molecule has 1 aliphatic rings. The number of carbonyl (C=O) groups is 2. The summed E-state index contributed by atoms with van der Waals surface area (Å²) in [7, 11) is 0. The summed E-state index contributed by atoms with van der Waals surface area (Å²) in [6, 6.07) is 18.6. The van der Waals surface area contributed by atoms with E-state index in [0.29, 0.717) is 6.61 Å². The molecule has 0 radical (unpaired) electrons. The minimum absolute atomic E-state index is 0.157. The monoisotopic (exact) mass is 325 g/mol. The maximum Gasteiger partial charge on any atom is 0.417 e. The van der Waals surface area contributed by atoms with Crippen LogP contribution in [-0.2, 0) is 20.9 Å². The average Bonchev–Trinajstić information content (AvgIpc) is 2.91. The van der Waals surface area contributed by atoms with Gasteiger partial charge in [0.05, 0.1) is 12.6 Å². The van der Waals surface area contributed by atoms with Gasteiger partial charge in [0.15, 0.2) is 0 Å². The highest BCUT2D eigenvalue weighted by Crippen LogP contribution is 2.32. The van der Waals surface area contributed by atoms with Gasteiger partial charge < -0.3 is 9.47 Å². The van der Waals surface area contributed by atoms with E-state index in [2.05, 4.69) is 0 Å². The van der Waals surface area contributed by atoms with E-state index in [1.807, 2.05) is 60.7 Å². The smallest absolute Gasteiger partial charge is 0.417 e. The minimum atomic E-state index is -0.621. The van der Waals surface area contributed by atoms with Gasteiger partial charge in [0.2, 0.25) is 0 Å². The topological polar surface area (TPSA) is 55.8 Å². The van der Waals surface area contributed by atoms with E-state index in [-0.39, 0.29) is 18.6 Å². The second kappa shape index (κ2) is 7.27. The second-order valence-electron chi connectivity index (χ2n) is 5.70. The highest BCUT2D eigenvalue weighted by atomic mass is 16.6. The van der Waals surface area contributed by atoms with Crippen molar-refractivity contribution in [3.63, 3.8) is 0 Å². The fourth-order valence-electron chi connectivity index (χ4n) is 2.78. The van der Waals surface area contributed by atoms with Crippen molar-refractivity contribution in [3.05, 3.63) is 71.8 Å². The van der Waals surface area contributed by atoms with Crippen LogP contribution in [-0.4, -0.2) is 29.5 Å². The standard InChI is InChI=1S/C19H19NO4/c1-14-18(16-10-6-3-7-11-16)24-19(22)20(14)17(21)13-23-12-15-8-4-2-5-9-15/h2-11,14,18H,12-13H2,1H3/t14-,18+/m1/s1. The van der Waals surface area contributed by atoms with E-state index in [4.69, 9.17) is 9.47 Å². The van der Waals surface area contributed by atoms with Crippen LogP contribution in [0.25, 0.3) is 0 Å². The van der Waals surface area contributed by atoms with Crippen LogP contribution in [0.15, 0.2) is 60.7 Å². The van der Waals surface area contributed by atoms with Crippen molar-refractivity contribution in [2.75, 3.05) is 6.61 Å². The van der Waals surface area contributed by atoms with Gasteiger partial charge >= 0.3 is 6.09 Å². The highest BCUT2D eigenvalue weighted by Gasteiger charge is 2.43. The third-order valence-electron chi connectivity index (χ3n) is 4.00. The van der Waals surface area contributed by atoms with Crippen molar-refractivity contribution < 1.29 is 19.1 Å². The number of rotatable bonds is 5.